The van der Waals surface area contributed by atoms with Crippen LogP contribution < -0.4 is 5.32 Å². The second-order valence-electron chi connectivity index (χ2n) is 4.42. The Morgan fingerprint density at radius 3 is 2.61 bits per heavy atom. The predicted molar refractivity (Wildman–Crippen MR) is 77.5 cm³/mol. The van der Waals surface area contributed by atoms with Crippen molar-refractivity contribution in [2.75, 3.05) is 6.54 Å². The lowest BCUT2D eigenvalue weighted by molar-refractivity contribution is 0.564. The lowest BCUT2D eigenvalue weighted by Crippen LogP contribution is -2.22. The van der Waals surface area contributed by atoms with Crippen molar-refractivity contribution in [3.63, 3.8) is 0 Å². The van der Waals surface area contributed by atoms with E-state index in [-0.39, 0.29) is 0 Å². The highest BCUT2D eigenvalue weighted by molar-refractivity contribution is 9.10. The van der Waals surface area contributed by atoms with Gasteiger partial charge in [0.25, 0.3) is 0 Å². The van der Waals surface area contributed by atoms with Gasteiger partial charge in [-0.25, -0.2) is 0 Å². The summed E-state index contributed by atoms with van der Waals surface area (Å²) in [6.07, 6.45) is 2.84. The highest BCUT2D eigenvalue weighted by Crippen LogP contribution is 2.16. The second-order valence-corrected chi connectivity index (χ2v) is 5.34. The Hall–Kier alpha value is -1.13. The van der Waals surface area contributed by atoms with Crippen LogP contribution in [0.5, 0.6) is 0 Å². The summed E-state index contributed by atoms with van der Waals surface area (Å²) in [5.74, 6) is 0. The van der Waals surface area contributed by atoms with E-state index in [9.17, 15) is 0 Å². The molecule has 3 nitrogen and oxygen atoms in total. The molecule has 4 heteroatoms. The summed E-state index contributed by atoms with van der Waals surface area (Å²) in [7, 11) is 1.98. The van der Waals surface area contributed by atoms with Gasteiger partial charge in [0.2, 0.25) is 0 Å². The number of hydrogen-bond acceptors (Lipinski definition) is 2. The summed E-state index contributed by atoms with van der Waals surface area (Å²) in [5.41, 5.74) is 2.56. The van der Waals surface area contributed by atoms with Crippen LogP contribution in [0.15, 0.2) is 41.0 Å². The highest BCUT2D eigenvalue weighted by atomic mass is 79.9. The van der Waals surface area contributed by atoms with Crippen molar-refractivity contribution in [2.24, 2.45) is 7.05 Å². The zero-order valence-electron chi connectivity index (χ0n) is 10.7. The zero-order chi connectivity index (χ0) is 13.0. The molecule has 0 saturated heterocycles. The second kappa shape index (κ2) is 6.16. The van der Waals surface area contributed by atoms with Gasteiger partial charge in [-0.05, 0) is 30.7 Å². The highest BCUT2D eigenvalue weighted by Gasteiger charge is 2.05. The van der Waals surface area contributed by atoms with E-state index in [1.165, 1.54) is 11.3 Å². The van der Waals surface area contributed by atoms with E-state index in [1.807, 2.05) is 17.9 Å². The van der Waals surface area contributed by atoms with E-state index in [4.69, 9.17) is 0 Å². The summed E-state index contributed by atoms with van der Waals surface area (Å²) in [6, 6.07) is 10.9. The summed E-state index contributed by atoms with van der Waals surface area (Å²) in [5, 5.41) is 7.69. The molecular formula is C14H18BrN3. The molecule has 0 bridgehead atoms. The number of aryl methyl sites for hydroxylation is 1. The van der Waals surface area contributed by atoms with Crippen LogP contribution in [0.2, 0.25) is 0 Å². The van der Waals surface area contributed by atoms with Gasteiger partial charge in [-0.15, -0.1) is 0 Å². The van der Waals surface area contributed by atoms with Gasteiger partial charge in [-0.2, -0.15) is 5.10 Å². The maximum absolute atomic E-state index is 4.17. The normalized spacial score (nSPS) is 12.6. The average molecular weight is 308 g/mol. The third-order valence-electron chi connectivity index (χ3n) is 3.12. The minimum absolute atomic E-state index is 0.367. The van der Waals surface area contributed by atoms with Crippen LogP contribution in [0, 0.1) is 0 Å². The van der Waals surface area contributed by atoms with E-state index in [1.54, 1.807) is 0 Å². The number of halogens is 1. The van der Waals surface area contributed by atoms with Crippen molar-refractivity contribution < 1.29 is 0 Å². The van der Waals surface area contributed by atoms with Crippen molar-refractivity contribution in [2.45, 2.75) is 19.4 Å². The van der Waals surface area contributed by atoms with Gasteiger partial charge in [0.1, 0.15) is 0 Å². The fourth-order valence-corrected chi connectivity index (χ4v) is 2.20. The fourth-order valence-electron chi connectivity index (χ4n) is 1.93. The summed E-state index contributed by atoms with van der Waals surface area (Å²) in [4.78, 5) is 0. The molecule has 0 saturated carbocycles. The lowest BCUT2D eigenvalue weighted by Gasteiger charge is -2.14. The van der Waals surface area contributed by atoms with Gasteiger partial charge in [0.15, 0.2) is 0 Å². The first-order valence-electron chi connectivity index (χ1n) is 6.12. The molecule has 1 heterocycles. The molecule has 0 amide bonds. The molecule has 0 radical (unpaired) electrons. The quantitative estimate of drug-likeness (QED) is 0.920. The molecule has 0 fully saturated rings. The van der Waals surface area contributed by atoms with E-state index in [0.29, 0.717) is 6.04 Å². The van der Waals surface area contributed by atoms with Crippen LogP contribution in [-0.2, 0) is 13.5 Å². The van der Waals surface area contributed by atoms with Gasteiger partial charge >= 0.3 is 0 Å². The first-order valence-corrected chi connectivity index (χ1v) is 6.92. The summed E-state index contributed by atoms with van der Waals surface area (Å²) >= 11 is 3.45. The van der Waals surface area contributed by atoms with Crippen molar-refractivity contribution >= 4 is 15.9 Å². The molecule has 0 aliphatic heterocycles. The number of nitrogens with zero attached hydrogens (tertiary/aromatic N) is 2. The third kappa shape index (κ3) is 3.43. The molecule has 1 aromatic carbocycles. The Morgan fingerprint density at radius 2 is 2.00 bits per heavy atom. The molecule has 1 atom stereocenters. The lowest BCUT2D eigenvalue weighted by atomic mass is 10.1. The number of hydrogen-bond donors (Lipinski definition) is 1. The fraction of sp³-hybridized carbons (Fsp3) is 0.357. The monoisotopic (exact) mass is 307 g/mol. The topological polar surface area (TPSA) is 29.9 Å². The van der Waals surface area contributed by atoms with Crippen LogP contribution >= 0.6 is 15.9 Å². The van der Waals surface area contributed by atoms with Gasteiger partial charge in [-0.1, -0.05) is 28.1 Å². The van der Waals surface area contributed by atoms with Crippen LogP contribution in [0.25, 0.3) is 0 Å². The Kier molecular flexibility index (Phi) is 4.55. The third-order valence-corrected chi connectivity index (χ3v) is 3.65. The molecule has 0 unspecified atom stereocenters. The molecular weight excluding hydrogens is 290 g/mol. The molecule has 96 valence electrons. The van der Waals surface area contributed by atoms with Crippen LogP contribution in [0.3, 0.4) is 0 Å². The first kappa shape index (κ1) is 13.3. The van der Waals surface area contributed by atoms with E-state index in [2.05, 4.69) is 63.6 Å². The minimum Gasteiger partial charge on any atom is -0.310 e. The molecule has 0 spiro atoms. The maximum atomic E-state index is 4.17. The van der Waals surface area contributed by atoms with Gasteiger partial charge in [0.05, 0.1) is 0 Å². The zero-order valence-corrected chi connectivity index (χ0v) is 12.3. The van der Waals surface area contributed by atoms with Crippen molar-refractivity contribution in [1.82, 2.24) is 15.1 Å². The number of aromatic nitrogens is 2. The molecule has 1 aromatic heterocycles. The van der Waals surface area contributed by atoms with E-state index >= 15 is 0 Å². The van der Waals surface area contributed by atoms with Crippen LogP contribution in [0.1, 0.15) is 24.2 Å². The predicted octanol–water partition coefficient (Wildman–Crippen LogP) is 3.08. The van der Waals surface area contributed by atoms with Crippen molar-refractivity contribution in [3.05, 3.63) is 52.3 Å². The average Bonchev–Trinajstić information content (AvgIpc) is 2.76. The maximum Gasteiger partial charge on any atom is 0.0492 e. The van der Waals surface area contributed by atoms with E-state index < -0.39 is 0 Å². The number of rotatable bonds is 5. The molecule has 2 aromatic rings. The standard InChI is InChI=1S/C14H18BrN3/c1-11(12-3-5-13(15)6-4-12)16-9-7-14-8-10-17-18(14)2/h3-6,8,10-11,16H,7,9H2,1-2H3/t11-/m1/s1. The van der Waals surface area contributed by atoms with Gasteiger partial charge in [-0.3, -0.25) is 4.68 Å². The Morgan fingerprint density at radius 1 is 1.28 bits per heavy atom. The van der Waals surface area contributed by atoms with Gasteiger partial charge < -0.3 is 5.32 Å². The van der Waals surface area contributed by atoms with E-state index in [0.717, 1.165) is 17.4 Å². The van der Waals surface area contributed by atoms with Crippen LogP contribution in [0.4, 0.5) is 0 Å². The molecule has 0 aliphatic rings. The number of benzene rings is 1. The summed E-state index contributed by atoms with van der Waals surface area (Å²) < 4.78 is 3.04. The van der Waals surface area contributed by atoms with Crippen molar-refractivity contribution in [1.29, 1.82) is 0 Å². The van der Waals surface area contributed by atoms with Gasteiger partial charge in [0, 0.05) is 42.4 Å². The molecule has 0 aliphatic carbocycles. The van der Waals surface area contributed by atoms with Crippen molar-refractivity contribution in [3.8, 4) is 0 Å². The Labute approximate surface area is 116 Å². The molecule has 18 heavy (non-hydrogen) atoms. The Bertz CT molecular complexity index is 490. The molecule has 2 rings (SSSR count). The van der Waals surface area contributed by atoms with Crippen LogP contribution in [-0.4, -0.2) is 16.3 Å². The summed E-state index contributed by atoms with van der Waals surface area (Å²) in [6.45, 7) is 3.14. The number of nitrogens with one attached hydrogen (secondary N) is 1. The minimum atomic E-state index is 0.367. The molecule has 1 N–H and O–H groups in total. The largest absolute Gasteiger partial charge is 0.310 e. The smallest absolute Gasteiger partial charge is 0.0492 e. The Balaban J connectivity index is 1.83. The SMILES string of the molecule is C[C@@H](NCCc1ccnn1C)c1ccc(Br)cc1. The first-order chi connectivity index (χ1) is 8.66.